The molecule has 0 radical (unpaired) electrons. The Hall–Kier alpha value is 0.500. The molecular formula is C10H20Cl2O2. The van der Waals surface area contributed by atoms with E-state index in [2.05, 4.69) is 0 Å². The molecule has 0 saturated heterocycles. The van der Waals surface area contributed by atoms with Gasteiger partial charge in [-0.2, -0.15) is 0 Å². The Kier molecular flexibility index (Phi) is 10.4. The molecule has 0 spiro atoms. The van der Waals surface area contributed by atoms with E-state index >= 15 is 0 Å². The summed E-state index contributed by atoms with van der Waals surface area (Å²) in [6, 6.07) is 0. The van der Waals surface area contributed by atoms with Gasteiger partial charge in [-0.15, -0.1) is 23.2 Å². The molecule has 86 valence electrons. The Morgan fingerprint density at radius 1 is 0.857 bits per heavy atom. The zero-order valence-corrected chi connectivity index (χ0v) is 10.5. The van der Waals surface area contributed by atoms with E-state index in [1.165, 1.54) is 0 Å². The quantitative estimate of drug-likeness (QED) is 0.457. The van der Waals surface area contributed by atoms with Gasteiger partial charge in [0.1, 0.15) is 0 Å². The molecule has 14 heavy (non-hydrogen) atoms. The second kappa shape index (κ2) is 10.0. The number of rotatable bonds is 9. The Bertz CT molecular complexity index is 109. The third kappa shape index (κ3) is 9.07. The van der Waals surface area contributed by atoms with Crippen LogP contribution < -0.4 is 0 Å². The fraction of sp³-hybridized carbons (Fsp3) is 1.00. The van der Waals surface area contributed by atoms with Crippen molar-refractivity contribution in [2.24, 2.45) is 0 Å². The summed E-state index contributed by atoms with van der Waals surface area (Å²) in [6.45, 7) is 6.46. The van der Waals surface area contributed by atoms with E-state index in [9.17, 15) is 0 Å². The van der Waals surface area contributed by atoms with Crippen molar-refractivity contribution in [3.8, 4) is 0 Å². The maximum Gasteiger partial charge on any atom is 0.0701 e. The van der Waals surface area contributed by atoms with Crippen LogP contribution in [0.4, 0.5) is 0 Å². The molecule has 0 aromatic rings. The highest BCUT2D eigenvalue weighted by Crippen LogP contribution is 2.02. The lowest BCUT2D eigenvalue weighted by molar-refractivity contribution is 0.0475. The van der Waals surface area contributed by atoms with Crippen molar-refractivity contribution in [3.05, 3.63) is 0 Å². The summed E-state index contributed by atoms with van der Waals surface area (Å²) in [5, 5.41) is 0.234. The fourth-order valence-electron chi connectivity index (χ4n) is 0.776. The smallest absolute Gasteiger partial charge is 0.0701 e. The van der Waals surface area contributed by atoms with Crippen LogP contribution in [0.5, 0.6) is 0 Å². The Morgan fingerprint density at radius 3 is 1.50 bits per heavy atom. The van der Waals surface area contributed by atoms with Crippen molar-refractivity contribution < 1.29 is 9.47 Å². The third-order valence-electron chi connectivity index (χ3n) is 1.86. The van der Waals surface area contributed by atoms with Crippen LogP contribution in [0.2, 0.25) is 0 Å². The molecule has 2 unspecified atom stereocenters. The van der Waals surface area contributed by atoms with Gasteiger partial charge in [0.25, 0.3) is 0 Å². The standard InChI is InChI=1S/C10H20Cl2O2/c1-3-9(11)7-13-5-6-14-8-10(12)4-2/h9-10H,3-8H2,1-2H3. The SMILES string of the molecule is CCC(Cl)COCCOCC(Cl)CC. The molecule has 0 aromatic heterocycles. The lowest BCUT2D eigenvalue weighted by atomic mass is 10.3. The minimum Gasteiger partial charge on any atom is -0.378 e. The van der Waals surface area contributed by atoms with E-state index in [4.69, 9.17) is 32.7 Å². The lowest BCUT2D eigenvalue weighted by Gasteiger charge is -2.09. The van der Waals surface area contributed by atoms with Crippen LogP contribution >= 0.6 is 23.2 Å². The molecule has 2 atom stereocenters. The van der Waals surface area contributed by atoms with Crippen molar-refractivity contribution in [1.82, 2.24) is 0 Å². The first-order valence-electron chi connectivity index (χ1n) is 5.14. The van der Waals surface area contributed by atoms with Crippen molar-refractivity contribution >= 4 is 23.2 Å². The van der Waals surface area contributed by atoms with Crippen molar-refractivity contribution in [3.63, 3.8) is 0 Å². The van der Waals surface area contributed by atoms with Crippen LogP contribution in [0.25, 0.3) is 0 Å². The second-order valence-electron chi connectivity index (χ2n) is 3.16. The van der Waals surface area contributed by atoms with Crippen molar-refractivity contribution in [2.45, 2.75) is 37.4 Å². The highest BCUT2D eigenvalue weighted by molar-refractivity contribution is 6.20. The molecule has 0 aliphatic heterocycles. The summed E-state index contributed by atoms with van der Waals surface area (Å²) in [6.07, 6.45) is 1.87. The first kappa shape index (κ1) is 14.5. The van der Waals surface area contributed by atoms with E-state index in [-0.39, 0.29) is 10.8 Å². The van der Waals surface area contributed by atoms with Gasteiger partial charge < -0.3 is 9.47 Å². The summed E-state index contributed by atoms with van der Waals surface area (Å²) in [5.74, 6) is 0. The molecule has 0 fully saturated rings. The molecule has 0 aromatic carbocycles. The van der Waals surface area contributed by atoms with E-state index < -0.39 is 0 Å². The topological polar surface area (TPSA) is 18.5 Å². The number of halogens is 2. The normalized spacial score (nSPS) is 15.4. The zero-order valence-electron chi connectivity index (χ0n) is 8.97. The molecule has 0 saturated carbocycles. The number of hydrogen-bond acceptors (Lipinski definition) is 2. The molecule has 0 amide bonds. The van der Waals surface area contributed by atoms with Crippen LogP contribution in [0, 0.1) is 0 Å². The minimum atomic E-state index is 0.117. The second-order valence-corrected chi connectivity index (χ2v) is 4.40. The van der Waals surface area contributed by atoms with Gasteiger partial charge >= 0.3 is 0 Å². The first-order chi connectivity index (χ1) is 6.70. The molecule has 0 N–H and O–H groups in total. The van der Waals surface area contributed by atoms with Gasteiger partial charge in [0.2, 0.25) is 0 Å². The molecule has 2 nitrogen and oxygen atoms in total. The van der Waals surface area contributed by atoms with Crippen molar-refractivity contribution in [2.75, 3.05) is 26.4 Å². The van der Waals surface area contributed by atoms with Crippen LogP contribution in [0.15, 0.2) is 0 Å². The predicted octanol–water partition coefficient (Wildman–Crippen LogP) is 3.05. The number of alkyl halides is 2. The van der Waals surface area contributed by atoms with E-state index in [0.717, 1.165) is 12.8 Å². The van der Waals surface area contributed by atoms with Crippen LogP contribution in [-0.4, -0.2) is 37.2 Å². The molecule has 0 aliphatic carbocycles. The van der Waals surface area contributed by atoms with Crippen LogP contribution in [0.3, 0.4) is 0 Å². The molecule has 0 bridgehead atoms. The van der Waals surface area contributed by atoms with Gasteiger partial charge in [-0.25, -0.2) is 0 Å². The predicted molar refractivity (Wildman–Crippen MR) is 61.5 cm³/mol. The summed E-state index contributed by atoms with van der Waals surface area (Å²) < 4.78 is 10.6. The molecule has 0 heterocycles. The molecule has 0 aliphatic rings. The molecule has 4 heteroatoms. The maximum absolute atomic E-state index is 5.86. The summed E-state index contributed by atoms with van der Waals surface area (Å²) >= 11 is 11.7. The fourth-order valence-corrected chi connectivity index (χ4v) is 0.954. The highest BCUT2D eigenvalue weighted by Gasteiger charge is 2.02. The number of hydrogen-bond donors (Lipinski definition) is 0. The van der Waals surface area contributed by atoms with E-state index in [0.29, 0.717) is 26.4 Å². The maximum atomic E-state index is 5.86. The van der Waals surface area contributed by atoms with Gasteiger partial charge in [-0.1, -0.05) is 13.8 Å². The van der Waals surface area contributed by atoms with Crippen molar-refractivity contribution in [1.29, 1.82) is 0 Å². The zero-order chi connectivity index (χ0) is 10.8. The third-order valence-corrected chi connectivity index (χ3v) is 2.72. The summed E-state index contributed by atoms with van der Waals surface area (Å²) in [5.41, 5.74) is 0. The van der Waals surface area contributed by atoms with Crippen LogP contribution in [-0.2, 0) is 9.47 Å². The van der Waals surface area contributed by atoms with E-state index in [1.54, 1.807) is 0 Å². The Labute approximate surface area is 96.9 Å². The lowest BCUT2D eigenvalue weighted by Crippen LogP contribution is -2.14. The van der Waals surface area contributed by atoms with Gasteiger partial charge in [-0.3, -0.25) is 0 Å². The molecule has 0 rings (SSSR count). The summed E-state index contributed by atoms with van der Waals surface area (Å²) in [4.78, 5) is 0. The first-order valence-corrected chi connectivity index (χ1v) is 6.01. The van der Waals surface area contributed by atoms with Gasteiger partial charge in [0.15, 0.2) is 0 Å². The Morgan fingerprint density at radius 2 is 1.21 bits per heavy atom. The highest BCUT2D eigenvalue weighted by atomic mass is 35.5. The van der Waals surface area contributed by atoms with Gasteiger partial charge in [-0.05, 0) is 12.8 Å². The largest absolute Gasteiger partial charge is 0.378 e. The average molecular weight is 243 g/mol. The monoisotopic (exact) mass is 242 g/mol. The summed E-state index contributed by atoms with van der Waals surface area (Å²) in [7, 11) is 0. The average Bonchev–Trinajstić information content (AvgIpc) is 2.22. The number of ether oxygens (including phenoxy) is 2. The molecular weight excluding hydrogens is 223 g/mol. The van der Waals surface area contributed by atoms with Gasteiger partial charge in [0.05, 0.1) is 37.2 Å². The van der Waals surface area contributed by atoms with Gasteiger partial charge in [0, 0.05) is 0 Å². The Balaban J connectivity index is 3.06. The van der Waals surface area contributed by atoms with Crippen LogP contribution in [0.1, 0.15) is 26.7 Å². The minimum absolute atomic E-state index is 0.117. The van der Waals surface area contributed by atoms with E-state index in [1.807, 2.05) is 13.8 Å².